The molecule has 0 atom stereocenters. The largest absolute Gasteiger partial charge is 0.349 e. The van der Waals surface area contributed by atoms with Crippen molar-refractivity contribution >= 4 is 28.4 Å². The average Bonchev–Trinajstić information content (AvgIpc) is 2.69. The van der Waals surface area contributed by atoms with Crippen molar-refractivity contribution in [3.63, 3.8) is 0 Å². The van der Waals surface area contributed by atoms with Gasteiger partial charge in [0, 0.05) is 22.0 Å². The molecule has 0 aliphatic heterocycles. The Balaban J connectivity index is 1.70. The standard InChI is InChI=1S/C24H25ClN2O/c25-21-14-8-6-13-19(21)23-16-20(18-12-7-9-15-22(18)27-23)24(28)26-17-10-4-2-1-3-5-11-17/h6-9,12-17H,1-5,10-11H2,(H,26,28). The van der Waals surface area contributed by atoms with Crippen molar-refractivity contribution in [3.8, 4) is 11.3 Å². The number of fused-ring (bicyclic) bond motifs is 1. The maximum Gasteiger partial charge on any atom is 0.252 e. The summed E-state index contributed by atoms with van der Waals surface area (Å²) in [5, 5.41) is 4.80. The predicted octanol–water partition coefficient (Wildman–Crippen LogP) is 6.40. The molecule has 3 aromatic rings. The number of benzene rings is 2. The molecule has 3 nitrogen and oxygen atoms in total. The molecule has 28 heavy (non-hydrogen) atoms. The molecule has 0 bridgehead atoms. The molecule has 1 fully saturated rings. The number of nitrogens with one attached hydrogen (secondary N) is 1. The molecule has 1 aliphatic carbocycles. The first kappa shape index (κ1) is 18.9. The van der Waals surface area contributed by atoms with Crippen molar-refractivity contribution in [1.29, 1.82) is 0 Å². The Morgan fingerprint density at radius 3 is 2.39 bits per heavy atom. The fraction of sp³-hybridized carbons (Fsp3) is 0.333. The SMILES string of the molecule is O=C(NC1CCCCCCC1)c1cc(-c2ccccc2Cl)nc2ccccc12. The lowest BCUT2D eigenvalue weighted by Crippen LogP contribution is -2.35. The predicted molar refractivity (Wildman–Crippen MR) is 116 cm³/mol. The third-order valence-electron chi connectivity index (χ3n) is 5.55. The number of aromatic nitrogens is 1. The number of carbonyl (C=O) groups excluding carboxylic acids is 1. The Morgan fingerprint density at radius 2 is 1.61 bits per heavy atom. The first-order valence-electron chi connectivity index (χ1n) is 10.2. The van der Waals surface area contributed by atoms with Crippen LogP contribution in [-0.2, 0) is 0 Å². The van der Waals surface area contributed by atoms with Gasteiger partial charge in [-0.2, -0.15) is 0 Å². The van der Waals surface area contributed by atoms with Crippen LogP contribution in [0.3, 0.4) is 0 Å². The zero-order valence-electron chi connectivity index (χ0n) is 16.0. The van der Waals surface area contributed by atoms with Gasteiger partial charge in [0.25, 0.3) is 5.91 Å². The van der Waals surface area contributed by atoms with Gasteiger partial charge in [-0.3, -0.25) is 4.79 Å². The smallest absolute Gasteiger partial charge is 0.252 e. The second-order valence-electron chi connectivity index (χ2n) is 7.57. The van der Waals surface area contributed by atoms with Crippen LogP contribution in [0.15, 0.2) is 54.6 Å². The molecule has 1 N–H and O–H groups in total. The molecule has 0 unspecified atom stereocenters. The van der Waals surface area contributed by atoms with Crippen LogP contribution >= 0.6 is 11.6 Å². The molecule has 144 valence electrons. The number of halogens is 1. The highest BCUT2D eigenvalue weighted by molar-refractivity contribution is 6.33. The van der Waals surface area contributed by atoms with Crippen LogP contribution in [0.2, 0.25) is 5.02 Å². The quantitative estimate of drug-likeness (QED) is 0.560. The number of hydrogen-bond donors (Lipinski definition) is 1. The summed E-state index contributed by atoms with van der Waals surface area (Å²) >= 11 is 6.39. The van der Waals surface area contributed by atoms with Gasteiger partial charge in [-0.1, -0.05) is 80.1 Å². The van der Waals surface area contributed by atoms with Gasteiger partial charge in [0.2, 0.25) is 0 Å². The lowest BCUT2D eigenvalue weighted by Gasteiger charge is -2.21. The monoisotopic (exact) mass is 392 g/mol. The minimum absolute atomic E-state index is 0.0162. The molecular formula is C24H25ClN2O. The Hall–Kier alpha value is -2.39. The molecule has 2 aromatic carbocycles. The van der Waals surface area contributed by atoms with E-state index in [0.29, 0.717) is 10.6 Å². The molecule has 1 aromatic heterocycles. The first-order valence-corrected chi connectivity index (χ1v) is 10.6. The van der Waals surface area contributed by atoms with E-state index < -0.39 is 0 Å². The molecule has 1 aliphatic rings. The summed E-state index contributed by atoms with van der Waals surface area (Å²) in [5.74, 6) is -0.0162. The normalized spacial score (nSPS) is 15.8. The van der Waals surface area contributed by atoms with E-state index in [-0.39, 0.29) is 11.9 Å². The van der Waals surface area contributed by atoms with E-state index in [9.17, 15) is 4.79 Å². The molecule has 1 heterocycles. The van der Waals surface area contributed by atoms with E-state index in [2.05, 4.69) is 5.32 Å². The molecule has 1 saturated carbocycles. The van der Waals surface area contributed by atoms with Gasteiger partial charge in [-0.25, -0.2) is 4.98 Å². The molecule has 1 amide bonds. The van der Waals surface area contributed by atoms with Crippen LogP contribution in [0.4, 0.5) is 0 Å². The second kappa shape index (κ2) is 8.74. The number of carbonyl (C=O) groups is 1. The van der Waals surface area contributed by atoms with E-state index in [4.69, 9.17) is 16.6 Å². The average molecular weight is 393 g/mol. The lowest BCUT2D eigenvalue weighted by atomic mass is 9.96. The van der Waals surface area contributed by atoms with E-state index in [0.717, 1.165) is 35.0 Å². The van der Waals surface area contributed by atoms with E-state index in [1.807, 2.05) is 54.6 Å². The lowest BCUT2D eigenvalue weighted by molar-refractivity contribution is 0.0932. The summed E-state index contributed by atoms with van der Waals surface area (Å²) in [6.45, 7) is 0. The maximum atomic E-state index is 13.2. The highest BCUT2D eigenvalue weighted by Crippen LogP contribution is 2.30. The van der Waals surface area contributed by atoms with Crippen molar-refractivity contribution in [3.05, 3.63) is 65.2 Å². The number of rotatable bonds is 3. The van der Waals surface area contributed by atoms with Gasteiger partial charge in [-0.15, -0.1) is 0 Å². The van der Waals surface area contributed by atoms with Crippen molar-refractivity contribution < 1.29 is 4.79 Å². The second-order valence-corrected chi connectivity index (χ2v) is 7.97. The minimum atomic E-state index is -0.0162. The Labute approximate surface area is 171 Å². The summed E-state index contributed by atoms with van der Waals surface area (Å²) in [4.78, 5) is 18.0. The number of pyridine rings is 1. The summed E-state index contributed by atoms with van der Waals surface area (Å²) < 4.78 is 0. The van der Waals surface area contributed by atoms with Gasteiger partial charge >= 0.3 is 0 Å². The van der Waals surface area contributed by atoms with Crippen LogP contribution in [0.1, 0.15) is 55.3 Å². The van der Waals surface area contributed by atoms with Gasteiger partial charge in [0.1, 0.15) is 0 Å². The zero-order chi connectivity index (χ0) is 19.3. The summed E-state index contributed by atoms with van der Waals surface area (Å²) in [7, 11) is 0. The summed E-state index contributed by atoms with van der Waals surface area (Å²) in [6, 6.07) is 17.6. The number of hydrogen-bond acceptors (Lipinski definition) is 2. The Morgan fingerprint density at radius 1 is 0.929 bits per heavy atom. The molecular weight excluding hydrogens is 368 g/mol. The van der Waals surface area contributed by atoms with Crippen LogP contribution in [0.5, 0.6) is 0 Å². The number of amides is 1. The Bertz CT molecular complexity index is 977. The topological polar surface area (TPSA) is 42.0 Å². The van der Waals surface area contributed by atoms with Crippen LogP contribution in [0, 0.1) is 0 Å². The highest BCUT2D eigenvalue weighted by atomic mass is 35.5. The van der Waals surface area contributed by atoms with Crippen molar-refractivity contribution in [2.24, 2.45) is 0 Å². The van der Waals surface area contributed by atoms with E-state index >= 15 is 0 Å². The van der Waals surface area contributed by atoms with Gasteiger partial charge in [0.05, 0.1) is 16.8 Å². The molecule has 4 heteroatoms. The molecule has 0 spiro atoms. The first-order chi connectivity index (χ1) is 13.7. The molecule has 0 radical (unpaired) electrons. The maximum absolute atomic E-state index is 13.2. The van der Waals surface area contributed by atoms with Gasteiger partial charge in [0.15, 0.2) is 0 Å². The molecule has 0 saturated heterocycles. The van der Waals surface area contributed by atoms with Gasteiger partial charge < -0.3 is 5.32 Å². The van der Waals surface area contributed by atoms with Crippen molar-refractivity contribution in [1.82, 2.24) is 10.3 Å². The fourth-order valence-corrected chi connectivity index (χ4v) is 4.27. The third-order valence-corrected chi connectivity index (χ3v) is 5.88. The van der Waals surface area contributed by atoms with Gasteiger partial charge in [-0.05, 0) is 31.0 Å². The minimum Gasteiger partial charge on any atom is -0.349 e. The van der Waals surface area contributed by atoms with Crippen molar-refractivity contribution in [2.75, 3.05) is 0 Å². The van der Waals surface area contributed by atoms with Crippen LogP contribution in [0.25, 0.3) is 22.2 Å². The third kappa shape index (κ3) is 4.20. The van der Waals surface area contributed by atoms with Crippen LogP contribution < -0.4 is 5.32 Å². The summed E-state index contributed by atoms with van der Waals surface area (Å²) in [6.07, 6.45) is 8.34. The van der Waals surface area contributed by atoms with E-state index in [1.165, 1.54) is 32.1 Å². The van der Waals surface area contributed by atoms with Crippen LogP contribution in [-0.4, -0.2) is 16.9 Å². The fourth-order valence-electron chi connectivity index (χ4n) is 4.03. The van der Waals surface area contributed by atoms with Crippen molar-refractivity contribution in [2.45, 2.75) is 51.0 Å². The highest BCUT2D eigenvalue weighted by Gasteiger charge is 2.19. The number of nitrogens with zero attached hydrogens (tertiary/aromatic N) is 1. The Kier molecular flexibility index (Phi) is 5.92. The molecule has 4 rings (SSSR count). The summed E-state index contributed by atoms with van der Waals surface area (Å²) in [5.41, 5.74) is 3.05. The van der Waals surface area contributed by atoms with E-state index in [1.54, 1.807) is 0 Å². The number of para-hydroxylation sites is 1. The zero-order valence-corrected chi connectivity index (χ0v) is 16.7.